The predicted octanol–water partition coefficient (Wildman–Crippen LogP) is 3.35. The van der Waals surface area contributed by atoms with Crippen LogP contribution in [0.1, 0.15) is 39.2 Å². The van der Waals surface area contributed by atoms with Crippen molar-refractivity contribution < 1.29 is 4.74 Å². The van der Waals surface area contributed by atoms with E-state index in [1.807, 2.05) is 26.0 Å². The highest BCUT2D eigenvalue weighted by atomic mass is 127. The number of nitrogens with one attached hydrogen (secondary N) is 2. The fraction of sp³-hybridized carbons (Fsp3) is 0.588. The maximum atomic E-state index is 5.65. The van der Waals surface area contributed by atoms with E-state index in [1.54, 1.807) is 0 Å². The zero-order valence-corrected chi connectivity index (χ0v) is 16.1. The number of ether oxygens (including phenoxy) is 1. The van der Waals surface area contributed by atoms with Gasteiger partial charge in [0.05, 0.1) is 6.10 Å². The van der Waals surface area contributed by atoms with Gasteiger partial charge in [-0.15, -0.1) is 24.0 Å². The van der Waals surface area contributed by atoms with Crippen molar-refractivity contribution in [2.75, 3.05) is 13.1 Å². The highest BCUT2D eigenvalue weighted by Crippen LogP contribution is 2.18. The van der Waals surface area contributed by atoms with E-state index in [1.165, 1.54) is 18.4 Å². The molecule has 1 aromatic carbocycles. The lowest BCUT2D eigenvalue weighted by Gasteiger charge is -2.11. The van der Waals surface area contributed by atoms with Gasteiger partial charge in [0.15, 0.2) is 5.96 Å². The standard InChI is InChI=1S/C17H27N3O.HI/c1-4-18-17(20-15-7-8-15)19-12-11-14-5-9-16(10-6-14)21-13(2)3;/h5-6,9-10,13,15H,4,7-8,11-12H2,1-3H3,(H2,18,19,20);1H. The van der Waals surface area contributed by atoms with Crippen molar-refractivity contribution in [3.8, 4) is 5.75 Å². The van der Waals surface area contributed by atoms with Gasteiger partial charge in [0.25, 0.3) is 0 Å². The number of guanidine groups is 1. The molecule has 5 heteroatoms. The Morgan fingerprint density at radius 3 is 2.50 bits per heavy atom. The lowest BCUT2D eigenvalue weighted by Crippen LogP contribution is -2.38. The molecular weight excluding hydrogens is 389 g/mol. The molecule has 0 spiro atoms. The Morgan fingerprint density at radius 1 is 1.27 bits per heavy atom. The van der Waals surface area contributed by atoms with Gasteiger partial charge in [-0.2, -0.15) is 0 Å². The normalized spacial score (nSPS) is 14.5. The Hall–Kier alpha value is -0.980. The summed E-state index contributed by atoms with van der Waals surface area (Å²) in [6.07, 6.45) is 3.70. The first-order valence-electron chi connectivity index (χ1n) is 7.98. The van der Waals surface area contributed by atoms with Crippen LogP contribution in [-0.2, 0) is 6.42 Å². The first kappa shape index (κ1) is 19.1. The van der Waals surface area contributed by atoms with E-state index < -0.39 is 0 Å². The monoisotopic (exact) mass is 417 g/mol. The Balaban J connectivity index is 0.00000242. The molecule has 0 aliphatic heterocycles. The Labute approximate surface area is 151 Å². The second kappa shape index (κ2) is 9.92. The average molecular weight is 417 g/mol. The van der Waals surface area contributed by atoms with Crippen molar-refractivity contribution in [1.29, 1.82) is 0 Å². The Morgan fingerprint density at radius 2 is 1.95 bits per heavy atom. The SMILES string of the molecule is CCNC(=NCCc1ccc(OC(C)C)cc1)NC1CC1.I. The molecule has 22 heavy (non-hydrogen) atoms. The second-order valence-electron chi connectivity index (χ2n) is 5.74. The third-order valence-corrected chi connectivity index (χ3v) is 3.23. The number of benzene rings is 1. The molecule has 4 nitrogen and oxygen atoms in total. The van der Waals surface area contributed by atoms with E-state index in [0.717, 1.165) is 31.2 Å². The molecule has 0 aromatic heterocycles. The van der Waals surface area contributed by atoms with Gasteiger partial charge in [0, 0.05) is 19.1 Å². The van der Waals surface area contributed by atoms with E-state index >= 15 is 0 Å². The molecular formula is C17H28IN3O. The molecule has 1 aromatic rings. The van der Waals surface area contributed by atoms with Crippen LogP contribution in [0.2, 0.25) is 0 Å². The highest BCUT2D eigenvalue weighted by molar-refractivity contribution is 14.0. The quantitative estimate of drug-likeness (QED) is 0.407. The minimum absolute atomic E-state index is 0. The van der Waals surface area contributed by atoms with Crippen LogP contribution in [0.15, 0.2) is 29.3 Å². The molecule has 0 unspecified atom stereocenters. The van der Waals surface area contributed by atoms with Gasteiger partial charge in [-0.1, -0.05) is 12.1 Å². The first-order valence-corrected chi connectivity index (χ1v) is 7.98. The number of halogens is 1. The summed E-state index contributed by atoms with van der Waals surface area (Å²) in [5, 5.41) is 6.72. The van der Waals surface area contributed by atoms with Crippen molar-refractivity contribution in [2.45, 2.75) is 52.2 Å². The summed E-state index contributed by atoms with van der Waals surface area (Å²) in [6, 6.07) is 8.94. The van der Waals surface area contributed by atoms with Gasteiger partial charge in [0.2, 0.25) is 0 Å². The number of aliphatic imine (C=N–C) groups is 1. The molecule has 2 rings (SSSR count). The van der Waals surface area contributed by atoms with Gasteiger partial charge in [0.1, 0.15) is 5.75 Å². The molecule has 0 atom stereocenters. The van der Waals surface area contributed by atoms with Crippen molar-refractivity contribution >= 4 is 29.9 Å². The van der Waals surface area contributed by atoms with Crippen LogP contribution in [0.3, 0.4) is 0 Å². The first-order chi connectivity index (χ1) is 10.2. The van der Waals surface area contributed by atoms with Crippen molar-refractivity contribution in [2.24, 2.45) is 4.99 Å². The van der Waals surface area contributed by atoms with Crippen LogP contribution < -0.4 is 15.4 Å². The molecule has 0 saturated heterocycles. The molecule has 0 amide bonds. The topological polar surface area (TPSA) is 45.7 Å². The molecule has 0 bridgehead atoms. The van der Waals surface area contributed by atoms with Crippen molar-refractivity contribution in [3.63, 3.8) is 0 Å². The van der Waals surface area contributed by atoms with Crippen LogP contribution in [0.25, 0.3) is 0 Å². The van der Waals surface area contributed by atoms with Crippen LogP contribution in [-0.4, -0.2) is 31.2 Å². The number of rotatable bonds is 7. The Bertz CT molecular complexity index is 455. The van der Waals surface area contributed by atoms with Gasteiger partial charge in [-0.3, -0.25) is 4.99 Å². The van der Waals surface area contributed by atoms with Gasteiger partial charge in [-0.05, 0) is 57.7 Å². The molecule has 1 aliphatic rings. The largest absolute Gasteiger partial charge is 0.491 e. The van der Waals surface area contributed by atoms with E-state index in [0.29, 0.717) is 6.04 Å². The summed E-state index contributed by atoms with van der Waals surface area (Å²) in [4.78, 5) is 4.62. The third kappa shape index (κ3) is 7.33. The Kier molecular flexibility index (Phi) is 8.60. The molecule has 2 N–H and O–H groups in total. The summed E-state index contributed by atoms with van der Waals surface area (Å²) in [5.74, 6) is 1.88. The highest BCUT2D eigenvalue weighted by Gasteiger charge is 2.21. The lowest BCUT2D eigenvalue weighted by molar-refractivity contribution is 0.242. The molecule has 0 heterocycles. The zero-order valence-electron chi connectivity index (χ0n) is 13.8. The predicted molar refractivity (Wildman–Crippen MR) is 103 cm³/mol. The van der Waals surface area contributed by atoms with Crippen molar-refractivity contribution in [3.05, 3.63) is 29.8 Å². The van der Waals surface area contributed by atoms with Crippen LogP contribution in [0.4, 0.5) is 0 Å². The maximum absolute atomic E-state index is 5.65. The zero-order chi connectivity index (χ0) is 15.1. The molecule has 0 radical (unpaired) electrons. The van der Waals surface area contributed by atoms with E-state index in [2.05, 4.69) is 34.7 Å². The molecule has 1 saturated carbocycles. The minimum Gasteiger partial charge on any atom is -0.491 e. The summed E-state index contributed by atoms with van der Waals surface area (Å²) in [6.45, 7) is 7.87. The lowest BCUT2D eigenvalue weighted by atomic mass is 10.1. The van der Waals surface area contributed by atoms with E-state index in [4.69, 9.17) is 4.74 Å². The van der Waals surface area contributed by atoms with Crippen LogP contribution in [0.5, 0.6) is 5.75 Å². The number of nitrogens with zero attached hydrogens (tertiary/aromatic N) is 1. The molecule has 1 fully saturated rings. The van der Waals surface area contributed by atoms with Gasteiger partial charge in [-0.25, -0.2) is 0 Å². The minimum atomic E-state index is 0. The summed E-state index contributed by atoms with van der Waals surface area (Å²) in [7, 11) is 0. The van der Waals surface area contributed by atoms with E-state index in [9.17, 15) is 0 Å². The maximum Gasteiger partial charge on any atom is 0.191 e. The number of hydrogen-bond acceptors (Lipinski definition) is 2. The summed E-state index contributed by atoms with van der Waals surface area (Å²) < 4.78 is 5.65. The average Bonchev–Trinajstić information content (AvgIpc) is 3.24. The smallest absolute Gasteiger partial charge is 0.191 e. The summed E-state index contributed by atoms with van der Waals surface area (Å²) >= 11 is 0. The van der Waals surface area contributed by atoms with Crippen molar-refractivity contribution in [1.82, 2.24) is 10.6 Å². The van der Waals surface area contributed by atoms with Gasteiger partial charge < -0.3 is 15.4 Å². The summed E-state index contributed by atoms with van der Waals surface area (Å²) in [5.41, 5.74) is 1.29. The fourth-order valence-corrected chi connectivity index (χ4v) is 2.04. The fourth-order valence-electron chi connectivity index (χ4n) is 2.04. The van der Waals surface area contributed by atoms with Crippen LogP contribution >= 0.6 is 24.0 Å². The second-order valence-corrected chi connectivity index (χ2v) is 5.74. The van der Waals surface area contributed by atoms with Gasteiger partial charge >= 0.3 is 0 Å². The molecule has 124 valence electrons. The molecule has 1 aliphatic carbocycles. The number of hydrogen-bond donors (Lipinski definition) is 2. The van der Waals surface area contributed by atoms with Crippen LogP contribution in [0, 0.1) is 0 Å². The van der Waals surface area contributed by atoms with E-state index in [-0.39, 0.29) is 30.1 Å². The third-order valence-electron chi connectivity index (χ3n) is 3.23.